The van der Waals surface area contributed by atoms with Crippen LogP contribution in [0.4, 0.5) is 0 Å². The lowest BCUT2D eigenvalue weighted by Gasteiger charge is -2.10. The molecule has 0 spiro atoms. The number of hydrogen-bond acceptors (Lipinski definition) is 7. The lowest BCUT2D eigenvalue weighted by atomic mass is 10.1. The molecule has 0 radical (unpaired) electrons. The van der Waals surface area contributed by atoms with E-state index < -0.39 is 5.97 Å². The number of fused-ring (bicyclic) bond motifs is 2. The molecule has 8 heteroatoms. The van der Waals surface area contributed by atoms with E-state index in [1.807, 2.05) is 12.1 Å². The van der Waals surface area contributed by atoms with Crippen LogP contribution in [0.15, 0.2) is 82.2 Å². The fourth-order valence-electron chi connectivity index (χ4n) is 3.20. The van der Waals surface area contributed by atoms with E-state index in [0.29, 0.717) is 38.8 Å². The van der Waals surface area contributed by atoms with Gasteiger partial charge in [0, 0.05) is 5.39 Å². The molecular formula is C22H14N4O4. The van der Waals surface area contributed by atoms with E-state index in [-0.39, 0.29) is 12.3 Å². The molecule has 0 aliphatic rings. The number of ether oxygens (including phenoxy) is 1. The van der Waals surface area contributed by atoms with Crippen molar-refractivity contribution in [2.24, 2.45) is 0 Å². The van der Waals surface area contributed by atoms with Crippen LogP contribution >= 0.6 is 0 Å². The van der Waals surface area contributed by atoms with Crippen LogP contribution in [0.25, 0.3) is 33.3 Å². The number of carbonyl (C=O) groups excluding carboxylic acids is 1. The summed E-state index contributed by atoms with van der Waals surface area (Å²) in [5.41, 5.74) is 1.54. The van der Waals surface area contributed by atoms with Crippen molar-refractivity contribution in [3.05, 3.63) is 88.9 Å². The Morgan fingerprint density at radius 1 is 0.967 bits per heavy atom. The molecule has 0 unspecified atom stereocenters. The van der Waals surface area contributed by atoms with Crippen LogP contribution < -0.4 is 5.56 Å². The van der Waals surface area contributed by atoms with E-state index >= 15 is 0 Å². The van der Waals surface area contributed by atoms with Crippen molar-refractivity contribution >= 4 is 27.8 Å². The number of nitrogens with zero attached hydrogens (tertiary/aromatic N) is 4. The van der Waals surface area contributed by atoms with E-state index in [2.05, 4.69) is 15.3 Å². The van der Waals surface area contributed by atoms with Crippen LogP contribution in [0.3, 0.4) is 0 Å². The van der Waals surface area contributed by atoms with Crippen molar-refractivity contribution in [1.29, 1.82) is 0 Å². The molecular weight excluding hydrogens is 384 g/mol. The Balaban J connectivity index is 1.49. The molecule has 0 bridgehead atoms. The van der Waals surface area contributed by atoms with Gasteiger partial charge in [0.1, 0.15) is 11.2 Å². The van der Waals surface area contributed by atoms with Gasteiger partial charge in [-0.1, -0.05) is 35.5 Å². The van der Waals surface area contributed by atoms with Gasteiger partial charge in [-0.25, -0.2) is 9.78 Å². The van der Waals surface area contributed by atoms with Crippen molar-refractivity contribution < 1.29 is 13.9 Å². The number of carbonyl (C=O) groups is 1. The molecule has 3 heterocycles. The molecule has 3 aromatic heterocycles. The van der Waals surface area contributed by atoms with E-state index in [4.69, 9.17) is 9.15 Å². The highest BCUT2D eigenvalue weighted by atomic mass is 16.5. The van der Waals surface area contributed by atoms with Gasteiger partial charge in [0.25, 0.3) is 5.56 Å². The zero-order chi connectivity index (χ0) is 20.5. The number of para-hydroxylation sites is 1. The second-order valence-corrected chi connectivity index (χ2v) is 6.52. The number of esters is 1. The maximum absolute atomic E-state index is 12.9. The monoisotopic (exact) mass is 398 g/mol. The summed E-state index contributed by atoms with van der Waals surface area (Å²) in [7, 11) is 0. The summed E-state index contributed by atoms with van der Waals surface area (Å²) in [4.78, 5) is 30.0. The minimum atomic E-state index is -0.608. The van der Waals surface area contributed by atoms with Crippen molar-refractivity contribution in [1.82, 2.24) is 20.0 Å². The van der Waals surface area contributed by atoms with Crippen molar-refractivity contribution in [2.45, 2.75) is 6.73 Å². The Morgan fingerprint density at radius 3 is 2.53 bits per heavy atom. The zero-order valence-corrected chi connectivity index (χ0v) is 15.6. The molecule has 0 amide bonds. The summed E-state index contributed by atoms with van der Waals surface area (Å²) >= 11 is 0. The fourth-order valence-corrected chi connectivity index (χ4v) is 3.20. The van der Waals surface area contributed by atoms with Gasteiger partial charge < -0.3 is 9.15 Å². The van der Waals surface area contributed by atoms with Crippen molar-refractivity contribution in [3.8, 4) is 11.5 Å². The third-order valence-electron chi connectivity index (χ3n) is 4.66. The van der Waals surface area contributed by atoms with Crippen molar-refractivity contribution in [3.63, 3.8) is 0 Å². The van der Waals surface area contributed by atoms with Gasteiger partial charge in [-0.15, -0.1) is 5.10 Å². The first-order valence-electron chi connectivity index (χ1n) is 9.14. The first kappa shape index (κ1) is 17.7. The molecule has 0 N–H and O–H groups in total. The predicted octanol–water partition coefficient (Wildman–Crippen LogP) is 3.41. The number of furan rings is 1. The minimum Gasteiger partial charge on any atom is -0.463 e. The highest BCUT2D eigenvalue weighted by molar-refractivity contribution is 6.04. The summed E-state index contributed by atoms with van der Waals surface area (Å²) in [6.45, 7) is -0.359. The van der Waals surface area contributed by atoms with Gasteiger partial charge in [0.05, 0.1) is 22.7 Å². The molecule has 0 aliphatic carbocycles. The minimum absolute atomic E-state index is 0.314. The van der Waals surface area contributed by atoms with Gasteiger partial charge in [0.15, 0.2) is 12.5 Å². The molecule has 2 aromatic carbocycles. The van der Waals surface area contributed by atoms with E-state index in [1.165, 1.54) is 6.26 Å². The Hall–Kier alpha value is -4.33. The quantitative estimate of drug-likeness (QED) is 0.428. The topological polar surface area (TPSA) is 100 Å². The lowest BCUT2D eigenvalue weighted by molar-refractivity contribution is 0.0338. The van der Waals surface area contributed by atoms with Gasteiger partial charge in [-0.05, 0) is 36.4 Å². The number of pyridine rings is 1. The molecule has 8 nitrogen and oxygen atoms in total. The van der Waals surface area contributed by atoms with Gasteiger partial charge in [0.2, 0.25) is 0 Å². The van der Waals surface area contributed by atoms with Crippen LogP contribution in [0.5, 0.6) is 0 Å². The highest BCUT2D eigenvalue weighted by Crippen LogP contribution is 2.25. The van der Waals surface area contributed by atoms with Crippen LogP contribution in [0.2, 0.25) is 0 Å². The third-order valence-corrected chi connectivity index (χ3v) is 4.66. The summed E-state index contributed by atoms with van der Waals surface area (Å²) < 4.78 is 11.8. The first-order chi connectivity index (χ1) is 14.7. The Bertz CT molecular complexity index is 1440. The summed E-state index contributed by atoms with van der Waals surface area (Å²) in [5.74, 6) is -0.0744. The van der Waals surface area contributed by atoms with Gasteiger partial charge >= 0.3 is 5.97 Å². The predicted molar refractivity (Wildman–Crippen MR) is 109 cm³/mol. The maximum atomic E-state index is 12.9. The van der Waals surface area contributed by atoms with E-state index in [1.54, 1.807) is 54.6 Å². The van der Waals surface area contributed by atoms with Crippen LogP contribution in [-0.2, 0) is 11.5 Å². The first-order valence-corrected chi connectivity index (χ1v) is 9.14. The molecule has 146 valence electrons. The average Bonchev–Trinajstić information content (AvgIpc) is 3.33. The van der Waals surface area contributed by atoms with E-state index in [9.17, 15) is 9.59 Å². The number of rotatable bonds is 4. The fraction of sp³-hybridized carbons (Fsp3) is 0.0455. The highest BCUT2D eigenvalue weighted by Gasteiger charge is 2.17. The lowest BCUT2D eigenvalue weighted by Crippen LogP contribution is -2.26. The van der Waals surface area contributed by atoms with Crippen LogP contribution in [0.1, 0.15) is 10.4 Å². The van der Waals surface area contributed by atoms with E-state index in [0.717, 1.165) is 4.68 Å². The van der Waals surface area contributed by atoms with Crippen LogP contribution in [0, 0.1) is 0 Å². The normalized spacial score (nSPS) is 11.1. The Morgan fingerprint density at radius 2 is 1.73 bits per heavy atom. The molecule has 30 heavy (non-hydrogen) atoms. The maximum Gasteiger partial charge on any atom is 0.340 e. The SMILES string of the molecule is O=C(OCn1nnc2ccccc2c1=O)c1cc(-c2ccco2)nc2ccccc12. The van der Waals surface area contributed by atoms with Gasteiger partial charge in [-0.2, -0.15) is 4.68 Å². The summed E-state index contributed by atoms with van der Waals surface area (Å²) in [6, 6.07) is 19.2. The molecule has 0 atom stereocenters. The number of aromatic nitrogens is 4. The van der Waals surface area contributed by atoms with Gasteiger partial charge in [-0.3, -0.25) is 4.79 Å². The third kappa shape index (κ3) is 3.10. The molecule has 0 fully saturated rings. The number of benzene rings is 2. The summed E-state index contributed by atoms with van der Waals surface area (Å²) in [5, 5.41) is 8.87. The Kier molecular flexibility index (Phi) is 4.29. The zero-order valence-electron chi connectivity index (χ0n) is 15.6. The summed E-state index contributed by atoms with van der Waals surface area (Å²) in [6.07, 6.45) is 1.54. The largest absolute Gasteiger partial charge is 0.463 e. The standard InChI is InChI=1S/C22H14N4O4/c27-21-15-7-2-4-9-18(15)24-25-26(21)13-30-22(28)16-12-19(20-10-5-11-29-20)23-17-8-3-1-6-14(16)17/h1-12H,13H2. The Labute approximate surface area is 169 Å². The van der Waals surface area contributed by atoms with Crippen molar-refractivity contribution in [2.75, 3.05) is 0 Å². The van der Waals surface area contributed by atoms with Crippen LogP contribution in [-0.4, -0.2) is 25.9 Å². The number of hydrogen-bond donors (Lipinski definition) is 0. The second kappa shape index (κ2) is 7.25. The second-order valence-electron chi connectivity index (χ2n) is 6.52. The molecule has 0 saturated carbocycles. The smallest absolute Gasteiger partial charge is 0.340 e. The molecule has 0 aliphatic heterocycles. The molecule has 5 rings (SSSR count). The average molecular weight is 398 g/mol. The molecule has 5 aromatic rings. The molecule has 0 saturated heterocycles.